The van der Waals surface area contributed by atoms with Crippen molar-refractivity contribution >= 4 is 136 Å². The van der Waals surface area contributed by atoms with E-state index in [4.69, 9.17) is 60.1 Å². The Morgan fingerprint density at radius 2 is 1.03 bits per heavy atom. The molecule has 0 unspecified atom stereocenters. The predicted molar refractivity (Wildman–Crippen MR) is 406 cm³/mol. The molecule has 0 spiro atoms. The van der Waals surface area contributed by atoms with Gasteiger partial charge >= 0.3 is 26.0 Å². The quantitative estimate of drug-likeness (QED) is 0.0207. The Morgan fingerprint density at radius 1 is 0.594 bits per heavy atom. The summed E-state index contributed by atoms with van der Waals surface area (Å²) in [5.74, 6) is 0.955. The fourth-order valence-corrected chi connectivity index (χ4v) is 11.5. The summed E-state index contributed by atoms with van der Waals surface area (Å²) in [5, 5.41) is 26.5. The molecule has 25 heteroatoms. The number of alkyl halides is 1. The second-order valence-electron chi connectivity index (χ2n) is 22.8. The summed E-state index contributed by atoms with van der Waals surface area (Å²) in [5.41, 5.74) is 19.0. The molecule has 0 aliphatic carbocycles. The summed E-state index contributed by atoms with van der Waals surface area (Å²) < 4.78 is 17.0. The molecule has 8 aromatic heterocycles. The standard InChI is InChI=1S/C21H26N4O.C16H16ClN3.C9H10ClN3.C7H9BO2.C6H3BrClN3.C5H11NO.C4H9.C3H7I.Li/c1-3-5-16-13-25(18-7-4-6-15(2)12-18)21-19(16)20(22-14-23-21)24-17-8-10-26-11-9-17;1-3-5-12-9-20(13-7-4-6-11(2)8-13)16-14(12)15(17)18-10-19-16;1-2-3-6-4-11-9-7(6)8(10)12-5-13-9;1-6-3-2-4-7(5-6)8(9)10;7-3-1-9-6-4(3)5(8)10-2-11-6;6-5-1-3-7-4-2-5;1-3-4-2;1-2-3-4;/h4,6-7,12-14,17H,3,5,8-11H2,1-2H3,(H,22,23,24);4,6-10H,3,5H2,1-2H3;4-5H,2-3H2,1H3,(H,11,12,13);2-5,9-10H,1H3;1-2H,(H,9,10,11);5H,1-4,6H2;1,3-4H2,2H3;2-3H2,1H3;/q;;;;;;-1;;+1. The average molecular weight is 1540 g/mol. The number of halogens is 5. The number of aromatic nitrogens is 12. The largest absolute Gasteiger partial charge is 1.00 e. The molecule has 0 radical (unpaired) electrons. The van der Waals surface area contributed by atoms with Gasteiger partial charge in [0, 0.05) is 79.1 Å². The van der Waals surface area contributed by atoms with Crippen molar-refractivity contribution in [2.75, 3.05) is 36.2 Å². The third-order valence-electron chi connectivity index (χ3n) is 15.0. The summed E-state index contributed by atoms with van der Waals surface area (Å²) in [6, 6.07) is 24.9. The number of aryl methyl sites for hydroxylation is 6. The van der Waals surface area contributed by atoms with E-state index in [9.17, 15) is 0 Å². The van der Waals surface area contributed by atoms with E-state index >= 15 is 0 Å². The number of ether oxygens (including phenoxy) is 2. The molecular weight excluding hydrogens is 1440 g/mol. The number of benzene rings is 3. The monoisotopic (exact) mass is 1530 g/mol. The minimum absolute atomic E-state index is 0. The van der Waals surface area contributed by atoms with E-state index in [2.05, 4.69) is 219 Å². The first kappa shape index (κ1) is 81.2. The number of hydrogen-bond donors (Lipinski definition) is 6. The number of rotatable bonds is 13. The van der Waals surface area contributed by atoms with Crippen molar-refractivity contribution in [2.24, 2.45) is 5.73 Å². The molecule has 2 saturated heterocycles. The Bertz CT molecular complexity index is 4050. The van der Waals surface area contributed by atoms with Gasteiger partial charge in [0.15, 0.2) is 0 Å². The number of nitrogens with two attached hydrogens (primary N) is 1. The Balaban J connectivity index is 0.000000212. The Kier molecular flexibility index (Phi) is 37.0. The maximum Gasteiger partial charge on any atom is 1.00 e. The van der Waals surface area contributed by atoms with Gasteiger partial charge in [0.1, 0.15) is 69.2 Å². The van der Waals surface area contributed by atoms with Gasteiger partial charge in [0.05, 0.1) is 21.5 Å². The van der Waals surface area contributed by atoms with Crippen molar-refractivity contribution in [1.29, 1.82) is 0 Å². The van der Waals surface area contributed by atoms with E-state index in [1.807, 2.05) is 19.2 Å². The Labute approximate surface area is 615 Å². The van der Waals surface area contributed by atoms with E-state index in [-0.39, 0.29) is 18.9 Å². The first-order chi connectivity index (χ1) is 46.0. The molecule has 2 fully saturated rings. The molecule has 96 heavy (non-hydrogen) atoms. The third kappa shape index (κ3) is 24.7. The molecule has 0 bridgehead atoms. The summed E-state index contributed by atoms with van der Waals surface area (Å²) in [6.07, 6.45) is 28.1. The smallest absolute Gasteiger partial charge is 0.423 e. The molecule has 11 aromatic rings. The topological polar surface area (TPSA) is 242 Å². The zero-order chi connectivity index (χ0) is 68.7. The van der Waals surface area contributed by atoms with E-state index < -0.39 is 7.12 Å². The van der Waals surface area contributed by atoms with Crippen molar-refractivity contribution in [3.05, 3.63) is 183 Å². The number of nitrogens with zero attached hydrogens (tertiary/aromatic N) is 10. The normalized spacial score (nSPS) is 12.7. The van der Waals surface area contributed by atoms with Crippen LogP contribution < -0.4 is 35.4 Å². The molecule has 2 aliphatic rings. The van der Waals surface area contributed by atoms with Gasteiger partial charge in [0.2, 0.25) is 0 Å². The van der Waals surface area contributed by atoms with E-state index in [1.165, 1.54) is 64.1 Å². The van der Waals surface area contributed by atoms with Gasteiger partial charge in [-0.1, -0.05) is 172 Å². The van der Waals surface area contributed by atoms with Crippen molar-refractivity contribution < 1.29 is 38.4 Å². The van der Waals surface area contributed by atoms with Crippen LogP contribution in [0.1, 0.15) is 132 Å². The summed E-state index contributed by atoms with van der Waals surface area (Å²) in [6.45, 7) is 23.9. The summed E-state index contributed by atoms with van der Waals surface area (Å²) in [4.78, 5) is 39.7. The van der Waals surface area contributed by atoms with Crippen LogP contribution >= 0.6 is 73.3 Å². The number of nitrogens with one attached hydrogen (secondary N) is 3. The average Bonchev–Trinajstić information content (AvgIpc) is 1.63. The molecule has 18 nitrogen and oxygen atoms in total. The minimum atomic E-state index is -1.35. The molecule has 10 heterocycles. The number of anilines is 1. The van der Waals surface area contributed by atoms with Gasteiger partial charge in [-0.05, 0) is 150 Å². The van der Waals surface area contributed by atoms with Gasteiger partial charge < -0.3 is 56.6 Å². The van der Waals surface area contributed by atoms with Crippen LogP contribution in [0.2, 0.25) is 15.5 Å². The van der Waals surface area contributed by atoms with Crippen LogP contribution in [-0.4, -0.2) is 119 Å². The van der Waals surface area contributed by atoms with E-state index in [1.54, 1.807) is 30.7 Å². The zero-order valence-corrected chi connectivity index (χ0v) is 62.9. The SMILES string of the molecule is CCCI.CCCc1c[nH]c2ncnc(Cl)c12.CCCc1cn(-c2cccc(C)c2)c2ncnc(Cl)c12.CCCc1cn(-c2cccc(C)c2)c2ncnc(NC3CCOCC3)c12.Cc1cccc(B(O)O)c1.Clc1ncnc2[nH]cc(Br)c12.NC1CCOCC1.[CH2-]CCC.[Li+]. The fraction of sp³-hybridized carbons (Fsp3) is 0.394. The summed E-state index contributed by atoms with van der Waals surface area (Å²) in [7, 11) is -1.35. The Morgan fingerprint density at radius 3 is 1.49 bits per heavy atom. The van der Waals surface area contributed by atoms with Crippen molar-refractivity contribution in [1.82, 2.24) is 59.0 Å². The maximum atomic E-state index is 8.70. The molecule has 3 aromatic carbocycles. The molecule has 0 atom stereocenters. The number of hydrogen-bond acceptors (Lipinski definition) is 14. The van der Waals surface area contributed by atoms with Crippen LogP contribution in [0.15, 0.2) is 127 Å². The van der Waals surface area contributed by atoms with Gasteiger partial charge in [-0.3, -0.25) is 0 Å². The van der Waals surface area contributed by atoms with Crippen molar-refractivity contribution in [2.45, 2.75) is 151 Å². The van der Waals surface area contributed by atoms with Gasteiger partial charge in [-0.2, -0.15) is 6.42 Å². The maximum absolute atomic E-state index is 8.70. The molecule has 13 rings (SSSR count). The third-order valence-corrected chi connectivity index (χ3v) is 17.5. The molecule has 508 valence electrons. The van der Waals surface area contributed by atoms with Crippen LogP contribution in [0.5, 0.6) is 0 Å². The van der Waals surface area contributed by atoms with Crippen molar-refractivity contribution in [3.63, 3.8) is 0 Å². The minimum Gasteiger partial charge on any atom is -0.423 e. The molecule has 2 aliphatic heterocycles. The van der Waals surface area contributed by atoms with E-state index in [0.717, 1.165) is 168 Å². The van der Waals surface area contributed by atoms with Crippen LogP contribution in [0.4, 0.5) is 5.82 Å². The zero-order valence-electron chi connectivity index (χ0n) is 56.9. The van der Waals surface area contributed by atoms with Crippen LogP contribution in [-0.2, 0) is 28.7 Å². The fourth-order valence-electron chi connectivity index (χ4n) is 10.1. The number of aromatic amines is 2. The second kappa shape index (κ2) is 43.8. The molecule has 0 amide bonds. The van der Waals surface area contributed by atoms with Gasteiger partial charge in [-0.25, -0.2) is 39.9 Å². The van der Waals surface area contributed by atoms with Crippen LogP contribution in [0.3, 0.4) is 0 Å². The number of unbranched alkanes of at least 4 members (excludes halogenated alkanes) is 1. The van der Waals surface area contributed by atoms with E-state index in [0.29, 0.717) is 33.0 Å². The van der Waals surface area contributed by atoms with Gasteiger partial charge in [0.25, 0.3) is 0 Å². The summed E-state index contributed by atoms with van der Waals surface area (Å²) >= 11 is 23.7. The van der Waals surface area contributed by atoms with Crippen LogP contribution in [0.25, 0.3) is 55.5 Å². The molecule has 7 N–H and O–H groups in total. The first-order valence-electron chi connectivity index (χ1n) is 32.5. The number of H-pyrrole nitrogens is 2. The van der Waals surface area contributed by atoms with Gasteiger partial charge in [-0.15, -0.1) is 0 Å². The molecular formula is C71H91BBrCl3ILiN14O4. The Hall–Kier alpha value is -5.52. The molecule has 0 saturated carbocycles. The number of fused-ring (bicyclic) bond motifs is 4. The van der Waals surface area contributed by atoms with Crippen LogP contribution in [0, 0.1) is 27.7 Å². The predicted octanol–water partition coefficient (Wildman–Crippen LogP) is 13.8. The second-order valence-corrected chi connectivity index (χ2v) is 25.8. The van der Waals surface area contributed by atoms with Crippen molar-refractivity contribution in [3.8, 4) is 11.4 Å². The first-order valence-corrected chi connectivity index (χ1v) is 36.0.